The van der Waals surface area contributed by atoms with Crippen LogP contribution in [0.5, 0.6) is 0 Å². The van der Waals surface area contributed by atoms with Gasteiger partial charge in [0.15, 0.2) is 0 Å². The molecule has 138 valence electrons. The second-order valence-electron chi connectivity index (χ2n) is 8.11. The van der Waals surface area contributed by atoms with E-state index in [-0.39, 0.29) is 30.3 Å². The van der Waals surface area contributed by atoms with E-state index < -0.39 is 11.6 Å². The van der Waals surface area contributed by atoms with Gasteiger partial charge in [0, 0.05) is 32.0 Å². The molecular weight excluding hydrogens is 318 g/mol. The Hall–Kier alpha value is -1.40. The van der Waals surface area contributed by atoms with Gasteiger partial charge in [-0.1, -0.05) is 12.2 Å². The number of carbonyl (C=O) groups is 2. The van der Waals surface area contributed by atoms with E-state index in [1.54, 1.807) is 4.90 Å². The Morgan fingerprint density at radius 1 is 1.24 bits per heavy atom. The lowest BCUT2D eigenvalue weighted by Gasteiger charge is -2.37. The highest BCUT2D eigenvalue weighted by atomic mass is 16.3. The number of carbonyl (C=O) groups excluding carboxylic acids is 2. The van der Waals surface area contributed by atoms with Gasteiger partial charge in [-0.3, -0.25) is 9.59 Å². The zero-order valence-electron chi connectivity index (χ0n) is 14.7. The molecule has 6 heteroatoms. The Bertz CT molecular complexity index is 574. The molecule has 2 heterocycles. The second-order valence-corrected chi connectivity index (χ2v) is 8.11. The molecule has 0 spiro atoms. The molecule has 1 saturated heterocycles. The van der Waals surface area contributed by atoms with E-state index >= 15 is 0 Å². The third kappa shape index (κ3) is 3.34. The molecule has 0 radical (unpaired) electrons. The molecule has 0 aromatic heterocycles. The number of rotatable bonds is 1. The van der Waals surface area contributed by atoms with E-state index in [0.717, 1.165) is 38.6 Å². The standard InChI is InChI=1S/C19H29N3O3/c23-15-11-19(14-5-6-14)18(25)21-16-10-13(16)4-2-1-3-8-20-9-7-17(24)22(19)12-15/h2,4,13-16,20,23H,1,3,5-12H2,(H,21,25)/b4-2-. The van der Waals surface area contributed by atoms with Gasteiger partial charge in [-0.05, 0) is 50.5 Å². The molecule has 4 atom stereocenters. The van der Waals surface area contributed by atoms with Gasteiger partial charge in [-0.25, -0.2) is 0 Å². The quantitative estimate of drug-likeness (QED) is 0.606. The lowest BCUT2D eigenvalue weighted by Crippen LogP contribution is -2.59. The molecule has 6 nitrogen and oxygen atoms in total. The van der Waals surface area contributed by atoms with Crippen molar-refractivity contribution in [1.29, 1.82) is 0 Å². The molecule has 0 bridgehead atoms. The van der Waals surface area contributed by atoms with Crippen molar-refractivity contribution in [3.8, 4) is 0 Å². The normalized spacial score (nSPS) is 41.2. The molecule has 2 aliphatic heterocycles. The SMILES string of the molecule is O=C1CCNCCC/C=C\C2CC2NC(=O)C2(C3CC3)CC(O)CN12. The van der Waals surface area contributed by atoms with Gasteiger partial charge in [-0.2, -0.15) is 0 Å². The Balaban J connectivity index is 1.57. The number of aliphatic hydroxyl groups is 1. The Morgan fingerprint density at radius 3 is 2.88 bits per heavy atom. The molecule has 2 saturated carbocycles. The second kappa shape index (κ2) is 6.72. The zero-order valence-corrected chi connectivity index (χ0v) is 14.7. The average Bonchev–Trinajstić information content (AvgIpc) is 3.49. The largest absolute Gasteiger partial charge is 0.391 e. The molecule has 4 aliphatic rings. The molecule has 25 heavy (non-hydrogen) atoms. The zero-order chi connectivity index (χ0) is 17.4. The first kappa shape index (κ1) is 17.0. The van der Waals surface area contributed by atoms with E-state index in [0.29, 0.717) is 25.3 Å². The van der Waals surface area contributed by atoms with Crippen LogP contribution in [0.3, 0.4) is 0 Å². The van der Waals surface area contributed by atoms with Crippen molar-refractivity contribution in [3.05, 3.63) is 12.2 Å². The summed E-state index contributed by atoms with van der Waals surface area (Å²) in [7, 11) is 0. The maximum Gasteiger partial charge on any atom is 0.246 e. The molecule has 2 amide bonds. The predicted octanol–water partition coefficient (Wildman–Crippen LogP) is 0.563. The summed E-state index contributed by atoms with van der Waals surface area (Å²) < 4.78 is 0. The van der Waals surface area contributed by atoms with Crippen molar-refractivity contribution in [2.45, 2.75) is 62.6 Å². The molecule has 3 N–H and O–H groups in total. The van der Waals surface area contributed by atoms with Crippen LogP contribution in [0.1, 0.15) is 44.9 Å². The van der Waals surface area contributed by atoms with E-state index in [1.807, 2.05) is 0 Å². The van der Waals surface area contributed by atoms with Crippen LogP contribution in [0.4, 0.5) is 0 Å². The molecular formula is C19H29N3O3. The Kier molecular flexibility index (Phi) is 4.58. The number of allylic oxidation sites excluding steroid dienone is 1. The topological polar surface area (TPSA) is 81.7 Å². The number of nitrogens with zero attached hydrogens (tertiary/aromatic N) is 1. The molecule has 0 aromatic rings. The van der Waals surface area contributed by atoms with E-state index in [9.17, 15) is 14.7 Å². The van der Waals surface area contributed by atoms with Crippen molar-refractivity contribution in [3.63, 3.8) is 0 Å². The summed E-state index contributed by atoms with van der Waals surface area (Å²) in [5.41, 5.74) is -0.826. The molecule has 2 aliphatic carbocycles. The van der Waals surface area contributed by atoms with Crippen molar-refractivity contribution in [2.24, 2.45) is 11.8 Å². The van der Waals surface area contributed by atoms with Gasteiger partial charge in [0.05, 0.1) is 6.10 Å². The van der Waals surface area contributed by atoms with Gasteiger partial charge in [-0.15, -0.1) is 0 Å². The Labute approximate surface area is 149 Å². The van der Waals surface area contributed by atoms with Crippen molar-refractivity contribution in [2.75, 3.05) is 19.6 Å². The summed E-state index contributed by atoms with van der Waals surface area (Å²) in [6.45, 7) is 1.82. The van der Waals surface area contributed by atoms with Crippen molar-refractivity contribution < 1.29 is 14.7 Å². The lowest BCUT2D eigenvalue weighted by molar-refractivity contribution is -0.146. The van der Waals surface area contributed by atoms with Crippen LogP contribution in [0.15, 0.2) is 12.2 Å². The summed E-state index contributed by atoms with van der Waals surface area (Å²) in [6, 6.07) is 0.192. The minimum atomic E-state index is -0.826. The molecule has 3 fully saturated rings. The van der Waals surface area contributed by atoms with E-state index in [2.05, 4.69) is 22.8 Å². The fourth-order valence-corrected chi connectivity index (χ4v) is 4.54. The first-order valence-corrected chi connectivity index (χ1v) is 9.78. The summed E-state index contributed by atoms with van der Waals surface area (Å²) in [5.74, 6) is 0.578. The van der Waals surface area contributed by atoms with Crippen molar-refractivity contribution in [1.82, 2.24) is 15.5 Å². The van der Waals surface area contributed by atoms with Crippen LogP contribution in [0.25, 0.3) is 0 Å². The van der Waals surface area contributed by atoms with Gasteiger partial charge >= 0.3 is 0 Å². The van der Waals surface area contributed by atoms with Crippen LogP contribution in [0, 0.1) is 11.8 Å². The first-order chi connectivity index (χ1) is 12.1. The maximum absolute atomic E-state index is 13.2. The smallest absolute Gasteiger partial charge is 0.246 e. The number of hydrogen-bond donors (Lipinski definition) is 3. The van der Waals surface area contributed by atoms with Gasteiger partial charge in [0.1, 0.15) is 5.54 Å². The van der Waals surface area contributed by atoms with Crippen LogP contribution in [-0.4, -0.2) is 59.1 Å². The minimum Gasteiger partial charge on any atom is -0.391 e. The number of fused-ring (bicyclic) bond motifs is 2. The fourth-order valence-electron chi connectivity index (χ4n) is 4.54. The number of nitrogens with one attached hydrogen (secondary N) is 2. The van der Waals surface area contributed by atoms with Crippen molar-refractivity contribution >= 4 is 11.8 Å². The number of hydrogen-bond acceptors (Lipinski definition) is 4. The average molecular weight is 347 g/mol. The summed E-state index contributed by atoms with van der Waals surface area (Å²) in [4.78, 5) is 27.8. The highest BCUT2D eigenvalue weighted by Crippen LogP contribution is 2.49. The third-order valence-electron chi connectivity index (χ3n) is 6.15. The predicted molar refractivity (Wildman–Crippen MR) is 93.7 cm³/mol. The van der Waals surface area contributed by atoms with E-state index in [1.165, 1.54) is 0 Å². The highest BCUT2D eigenvalue weighted by molar-refractivity contribution is 5.93. The summed E-state index contributed by atoms with van der Waals surface area (Å²) >= 11 is 0. The first-order valence-electron chi connectivity index (χ1n) is 9.78. The maximum atomic E-state index is 13.2. The van der Waals surface area contributed by atoms with Gasteiger partial charge < -0.3 is 20.6 Å². The summed E-state index contributed by atoms with van der Waals surface area (Å²) in [6.07, 6.45) is 9.62. The number of aliphatic hydroxyl groups excluding tert-OH is 1. The Morgan fingerprint density at radius 2 is 2.08 bits per heavy atom. The highest BCUT2D eigenvalue weighted by Gasteiger charge is 2.61. The van der Waals surface area contributed by atoms with Crippen LogP contribution < -0.4 is 10.6 Å². The van der Waals surface area contributed by atoms with Crippen LogP contribution in [-0.2, 0) is 9.59 Å². The molecule has 4 unspecified atom stereocenters. The third-order valence-corrected chi connectivity index (χ3v) is 6.15. The molecule has 4 rings (SSSR count). The van der Waals surface area contributed by atoms with Gasteiger partial charge in [0.2, 0.25) is 11.8 Å². The monoisotopic (exact) mass is 347 g/mol. The van der Waals surface area contributed by atoms with Gasteiger partial charge in [0.25, 0.3) is 0 Å². The summed E-state index contributed by atoms with van der Waals surface area (Å²) in [5, 5.41) is 16.8. The number of β-amino-alcohol motifs (C(OH)–C–C–N with tert-alkyl or cyclic N) is 1. The van der Waals surface area contributed by atoms with E-state index in [4.69, 9.17) is 0 Å². The minimum absolute atomic E-state index is 0.00792. The van der Waals surface area contributed by atoms with Crippen LogP contribution >= 0.6 is 0 Å². The fraction of sp³-hybridized carbons (Fsp3) is 0.789. The number of amides is 2. The lowest BCUT2D eigenvalue weighted by atomic mass is 9.87. The van der Waals surface area contributed by atoms with Crippen LogP contribution in [0.2, 0.25) is 0 Å². The molecule has 0 aromatic carbocycles.